The minimum absolute atomic E-state index is 0.0104. The standard InChI is InChI=1S/2C21H20N2O2/c2*1-2-3-14-25-21(24)20(16-22)15-19-8-6-17(7-9-19)4-5-18-10-12-23-13-11-18/h2*4-13,15H,2-3,14H2,1H3/b2*5-4+,20-15+. The molecule has 0 N–H and O–H groups in total. The van der Waals surface area contributed by atoms with Gasteiger partial charge in [0.25, 0.3) is 0 Å². The fourth-order valence-corrected chi connectivity index (χ4v) is 4.12. The molecule has 4 rings (SSSR count). The van der Waals surface area contributed by atoms with Crippen LogP contribution in [0.5, 0.6) is 0 Å². The summed E-state index contributed by atoms with van der Waals surface area (Å²) in [6.07, 6.45) is 21.5. The SMILES string of the molecule is CCCCOC(=O)/C(C#N)=C/c1ccc(/C=C/c2ccncc2)cc1.CCCCOC(=O)/C(C#N)=C/c1ccc(/C=C/c2ccncc2)cc1. The Morgan fingerprint density at radius 3 is 1.14 bits per heavy atom. The van der Waals surface area contributed by atoms with E-state index in [-0.39, 0.29) is 11.1 Å². The van der Waals surface area contributed by atoms with Crippen LogP contribution in [-0.4, -0.2) is 35.1 Å². The number of carbonyl (C=O) groups excluding carboxylic acids is 2. The third-order valence-corrected chi connectivity index (χ3v) is 6.99. The van der Waals surface area contributed by atoms with Crippen molar-refractivity contribution in [1.82, 2.24) is 9.97 Å². The summed E-state index contributed by atoms with van der Waals surface area (Å²) in [6, 6.07) is 26.7. The zero-order chi connectivity index (χ0) is 35.8. The highest BCUT2D eigenvalue weighted by atomic mass is 16.5. The van der Waals surface area contributed by atoms with Gasteiger partial charge in [-0.05, 0) is 82.6 Å². The molecule has 8 nitrogen and oxygen atoms in total. The van der Waals surface area contributed by atoms with Crippen molar-refractivity contribution >= 4 is 48.4 Å². The van der Waals surface area contributed by atoms with E-state index in [0.29, 0.717) is 13.2 Å². The first-order valence-electron chi connectivity index (χ1n) is 16.4. The van der Waals surface area contributed by atoms with Crippen LogP contribution in [-0.2, 0) is 19.1 Å². The van der Waals surface area contributed by atoms with Crippen molar-refractivity contribution in [2.45, 2.75) is 39.5 Å². The molecule has 0 saturated carbocycles. The number of nitrogens with zero attached hydrogens (tertiary/aromatic N) is 4. The molecule has 0 unspecified atom stereocenters. The van der Waals surface area contributed by atoms with Crippen LogP contribution in [0.15, 0.2) is 109 Å². The van der Waals surface area contributed by atoms with Gasteiger partial charge >= 0.3 is 11.9 Å². The summed E-state index contributed by atoms with van der Waals surface area (Å²) in [5.41, 5.74) is 5.78. The summed E-state index contributed by atoms with van der Waals surface area (Å²) < 4.78 is 10.1. The zero-order valence-electron chi connectivity index (χ0n) is 28.4. The topological polar surface area (TPSA) is 126 Å². The summed E-state index contributed by atoms with van der Waals surface area (Å²) >= 11 is 0. The Hall–Kier alpha value is -6.38. The predicted octanol–water partition coefficient (Wildman–Crippen LogP) is 9.00. The van der Waals surface area contributed by atoms with Gasteiger partial charge in [-0.15, -0.1) is 0 Å². The molecule has 0 aliphatic heterocycles. The number of aromatic nitrogens is 2. The van der Waals surface area contributed by atoms with Gasteiger partial charge in [0.15, 0.2) is 0 Å². The van der Waals surface area contributed by atoms with Gasteiger partial charge in [-0.1, -0.05) is 99.5 Å². The van der Waals surface area contributed by atoms with Gasteiger partial charge < -0.3 is 9.47 Å². The van der Waals surface area contributed by atoms with Crippen LogP contribution in [0.25, 0.3) is 36.5 Å². The average Bonchev–Trinajstić information content (AvgIpc) is 3.16. The van der Waals surface area contributed by atoms with E-state index < -0.39 is 11.9 Å². The Morgan fingerprint density at radius 1 is 0.540 bits per heavy atom. The number of ether oxygens (including phenoxy) is 2. The molecular weight excluding hydrogens is 624 g/mol. The molecule has 0 spiro atoms. The fraction of sp³-hybridized carbons (Fsp3) is 0.190. The lowest BCUT2D eigenvalue weighted by Gasteiger charge is -2.02. The Labute approximate surface area is 294 Å². The van der Waals surface area contributed by atoms with Gasteiger partial charge in [0.05, 0.1) is 13.2 Å². The molecule has 2 heterocycles. The quantitative estimate of drug-likeness (QED) is 0.0566. The van der Waals surface area contributed by atoms with Crippen LogP contribution in [0.2, 0.25) is 0 Å². The van der Waals surface area contributed by atoms with Gasteiger partial charge in [0, 0.05) is 24.8 Å². The molecule has 252 valence electrons. The van der Waals surface area contributed by atoms with Gasteiger partial charge in [0.1, 0.15) is 23.3 Å². The van der Waals surface area contributed by atoms with Crippen LogP contribution in [0.1, 0.15) is 72.9 Å². The van der Waals surface area contributed by atoms with Crippen LogP contribution in [0, 0.1) is 22.7 Å². The molecule has 0 saturated heterocycles. The number of benzene rings is 2. The number of hydrogen-bond acceptors (Lipinski definition) is 8. The van der Waals surface area contributed by atoms with Crippen molar-refractivity contribution < 1.29 is 19.1 Å². The lowest BCUT2D eigenvalue weighted by molar-refractivity contribution is -0.139. The predicted molar refractivity (Wildman–Crippen MR) is 198 cm³/mol. The van der Waals surface area contributed by atoms with E-state index in [2.05, 4.69) is 9.97 Å². The van der Waals surface area contributed by atoms with Gasteiger partial charge in [0.2, 0.25) is 0 Å². The normalized spacial score (nSPS) is 11.3. The molecule has 0 aliphatic rings. The van der Waals surface area contributed by atoms with Gasteiger partial charge in [-0.2, -0.15) is 10.5 Å². The fourth-order valence-electron chi connectivity index (χ4n) is 4.12. The van der Waals surface area contributed by atoms with Crippen LogP contribution < -0.4 is 0 Å². The molecule has 0 radical (unpaired) electrons. The lowest BCUT2D eigenvalue weighted by atomic mass is 10.1. The highest BCUT2D eigenvalue weighted by Crippen LogP contribution is 2.14. The average molecular weight is 665 g/mol. The van der Waals surface area contributed by atoms with E-state index in [1.165, 1.54) is 0 Å². The third-order valence-electron chi connectivity index (χ3n) is 6.99. The van der Waals surface area contributed by atoms with Crippen LogP contribution in [0.4, 0.5) is 0 Å². The molecule has 0 bridgehead atoms. The zero-order valence-corrected chi connectivity index (χ0v) is 28.4. The highest BCUT2D eigenvalue weighted by Gasteiger charge is 2.11. The summed E-state index contributed by atoms with van der Waals surface area (Å²) in [4.78, 5) is 31.7. The van der Waals surface area contributed by atoms with Crippen molar-refractivity contribution in [3.05, 3.63) is 142 Å². The lowest BCUT2D eigenvalue weighted by Crippen LogP contribution is -2.07. The minimum Gasteiger partial charge on any atom is -0.462 e. The molecule has 0 atom stereocenters. The Bertz CT molecular complexity index is 1710. The first-order chi connectivity index (χ1) is 24.4. The summed E-state index contributed by atoms with van der Waals surface area (Å²) in [6.45, 7) is 4.71. The van der Waals surface area contributed by atoms with Crippen LogP contribution in [0.3, 0.4) is 0 Å². The van der Waals surface area contributed by atoms with E-state index >= 15 is 0 Å². The molecule has 50 heavy (non-hydrogen) atoms. The van der Waals surface area contributed by atoms with Crippen molar-refractivity contribution in [3.63, 3.8) is 0 Å². The molecule has 4 aromatic rings. The van der Waals surface area contributed by atoms with E-state index in [0.717, 1.165) is 59.1 Å². The van der Waals surface area contributed by atoms with E-state index in [1.807, 2.05) is 123 Å². The molecule has 8 heteroatoms. The Balaban J connectivity index is 0.000000270. The number of pyridine rings is 2. The largest absolute Gasteiger partial charge is 0.462 e. The second-order valence-electron chi connectivity index (χ2n) is 10.9. The maximum Gasteiger partial charge on any atom is 0.348 e. The smallest absolute Gasteiger partial charge is 0.348 e. The third kappa shape index (κ3) is 14.2. The second-order valence-corrected chi connectivity index (χ2v) is 10.9. The van der Waals surface area contributed by atoms with Crippen molar-refractivity contribution in [2.24, 2.45) is 0 Å². The van der Waals surface area contributed by atoms with E-state index in [4.69, 9.17) is 20.0 Å². The molecular formula is C42H40N4O4. The number of nitriles is 2. The first-order valence-corrected chi connectivity index (χ1v) is 16.4. The second kappa shape index (κ2) is 22.2. The van der Waals surface area contributed by atoms with Crippen molar-refractivity contribution in [2.75, 3.05) is 13.2 Å². The number of unbranched alkanes of at least 4 members (excludes halogenated alkanes) is 2. The van der Waals surface area contributed by atoms with E-state index in [9.17, 15) is 9.59 Å². The van der Waals surface area contributed by atoms with Gasteiger partial charge in [-0.25, -0.2) is 9.59 Å². The van der Waals surface area contributed by atoms with Crippen molar-refractivity contribution in [3.8, 4) is 12.1 Å². The number of esters is 2. The molecule has 0 fully saturated rings. The molecule has 0 amide bonds. The monoisotopic (exact) mass is 664 g/mol. The molecule has 2 aromatic carbocycles. The Kier molecular flexibility index (Phi) is 16.9. The summed E-state index contributed by atoms with van der Waals surface area (Å²) in [7, 11) is 0. The van der Waals surface area contributed by atoms with E-state index in [1.54, 1.807) is 36.9 Å². The summed E-state index contributed by atoms with van der Waals surface area (Å²) in [5, 5.41) is 18.3. The maximum absolute atomic E-state index is 11.9. The first kappa shape index (κ1) is 38.1. The highest BCUT2D eigenvalue weighted by molar-refractivity contribution is 5.98. The number of rotatable bonds is 14. The maximum atomic E-state index is 11.9. The van der Waals surface area contributed by atoms with Gasteiger partial charge in [-0.3, -0.25) is 9.97 Å². The number of carbonyl (C=O) groups is 2. The Morgan fingerprint density at radius 2 is 0.840 bits per heavy atom. The summed E-state index contributed by atoms with van der Waals surface area (Å²) in [5.74, 6) is -1.14. The molecule has 0 aliphatic carbocycles. The van der Waals surface area contributed by atoms with Crippen molar-refractivity contribution in [1.29, 1.82) is 10.5 Å². The number of hydrogen-bond donors (Lipinski definition) is 0. The minimum atomic E-state index is -0.572. The van der Waals surface area contributed by atoms with Crippen LogP contribution >= 0.6 is 0 Å². The molecule has 2 aromatic heterocycles.